The third kappa shape index (κ3) is 17.4. The zero-order chi connectivity index (χ0) is 95.1. The molecule has 8 heterocycles. The molecule has 0 radical (unpaired) electrons. The molecule has 0 saturated heterocycles. The first-order chi connectivity index (χ1) is 68.5. The topological polar surface area (TPSA) is 180 Å². The van der Waals surface area contributed by atoms with E-state index in [4.69, 9.17) is 53.2 Å². The molecule has 24 aromatic rings. The van der Waals surface area contributed by atoms with Crippen LogP contribution in [-0.4, -0.2) is 66.6 Å². The number of aromatic amines is 1. The highest BCUT2D eigenvalue weighted by Crippen LogP contribution is 2.55. The molecule has 672 valence electrons. The van der Waals surface area contributed by atoms with Crippen molar-refractivity contribution in [1.82, 2.24) is 49.4 Å². The first-order valence-electron chi connectivity index (χ1n) is 46.4. The molecule has 6 aromatic heterocycles. The molecule has 18 heteroatoms. The number of hydrogen-bond donors (Lipinski definition) is 4. The van der Waals surface area contributed by atoms with Gasteiger partial charge in [0.15, 0.2) is 0 Å². The van der Waals surface area contributed by atoms with E-state index in [0.717, 1.165) is 137 Å². The van der Waals surface area contributed by atoms with Crippen LogP contribution in [0.5, 0.6) is 0 Å². The maximum Gasteiger partial charge on any atom is 0.488 e. The van der Waals surface area contributed by atoms with Gasteiger partial charge in [0.25, 0.3) is 0 Å². The number of halogens is 3. The molecule has 26 rings (SSSR count). The fraction of sp³-hybridized carbons (Fsp3) is 0.0492. The molecule has 14 nitrogen and oxygen atoms in total. The molecule has 4 N–H and O–H groups in total. The molecular weight excluding hydrogens is 1870 g/mol. The number of H-pyrrole nitrogens is 1. The van der Waals surface area contributed by atoms with Crippen LogP contribution in [0.25, 0.3) is 171 Å². The second-order valence-corrected chi connectivity index (χ2v) is 37.5. The van der Waals surface area contributed by atoms with Gasteiger partial charge in [0.1, 0.15) is 3.70 Å². The molecule has 0 saturated carbocycles. The van der Waals surface area contributed by atoms with E-state index in [2.05, 4.69) is 399 Å². The van der Waals surface area contributed by atoms with Gasteiger partial charge in [-0.05, 0) is 191 Å². The number of rotatable bonds is 10. The van der Waals surface area contributed by atoms with Crippen molar-refractivity contribution in [2.24, 2.45) is 0 Å². The van der Waals surface area contributed by atoms with Gasteiger partial charge < -0.3 is 20.3 Å². The average molecular weight is 1960 g/mol. The number of anilines is 5. The molecule has 0 fully saturated rings. The normalized spacial score (nSPS) is 12.5. The molecule has 140 heavy (non-hydrogen) atoms. The third-order valence-electron chi connectivity index (χ3n) is 26.5. The van der Waals surface area contributed by atoms with Crippen LogP contribution in [-0.2, 0) is 10.8 Å². The van der Waals surface area contributed by atoms with E-state index in [0.29, 0.717) is 22.6 Å². The van der Waals surface area contributed by atoms with E-state index in [-0.39, 0.29) is 16.1 Å². The van der Waals surface area contributed by atoms with Crippen LogP contribution in [0, 0.1) is 3.70 Å². The summed E-state index contributed by atoms with van der Waals surface area (Å²) >= 11 is 13.9. The summed E-state index contributed by atoms with van der Waals surface area (Å²) in [6.45, 7) is 9.28. The van der Waals surface area contributed by atoms with E-state index < -0.39 is 7.12 Å². The van der Waals surface area contributed by atoms with E-state index in [9.17, 15) is 0 Å². The van der Waals surface area contributed by atoms with Gasteiger partial charge in [-0.25, -0.2) is 39.9 Å². The summed E-state index contributed by atoms with van der Waals surface area (Å²) in [7, 11) is -1.39. The highest BCUT2D eigenvalue weighted by Gasteiger charge is 2.40. The maximum absolute atomic E-state index is 8.94. The van der Waals surface area contributed by atoms with Crippen molar-refractivity contribution in [3.05, 3.63) is 473 Å². The van der Waals surface area contributed by atoms with Gasteiger partial charge in [-0.3, -0.25) is 9.47 Å². The summed E-state index contributed by atoms with van der Waals surface area (Å²) in [6, 6.07) is 150. The largest absolute Gasteiger partial charge is 0.488 e. The van der Waals surface area contributed by atoms with Crippen LogP contribution < -0.4 is 15.7 Å². The summed E-state index contributed by atoms with van der Waals surface area (Å²) in [5.74, 6) is 1.22. The molecule has 0 unspecified atom stereocenters. The Morgan fingerprint density at radius 2 is 0.650 bits per heavy atom. The Bertz CT molecular complexity index is 8780. The van der Waals surface area contributed by atoms with Gasteiger partial charge in [-0.1, -0.05) is 392 Å². The lowest BCUT2D eigenvalue weighted by Crippen LogP contribution is -2.31. The van der Waals surface area contributed by atoms with Crippen molar-refractivity contribution < 1.29 is 10.0 Å². The highest BCUT2D eigenvalue weighted by molar-refractivity contribution is 14.1. The lowest BCUT2D eigenvalue weighted by atomic mass is 9.73. The maximum atomic E-state index is 8.94. The van der Waals surface area contributed by atoms with Gasteiger partial charge >= 0.3 is 7.12 Å². The van der Waals surface area contributed by atoms with Crippen LogP contribution >= 0.6 is 45.8 Å². The molecule has 2 aliphatic heterocycles. The Balaban J connectivity index is 0.000000124. The number of fused-ring (bicyclic) bond motifs is 14. The van der Waals surface area contributed by atoms with Crippen LogP contribution in [0.3, 0.4) is 0 Å². The SMILES string of the molecule is CC1(C)c2ccccc2N(c2nc(-c3ccc(-c4ccccc4)cc3)c3ccccc3n2)c2cc3c(cc21)c1ccccc1n3-c1nc(-c2ccc(-c3ccccc3)cc2)c2ccccc2n1.CC1(C)c2ccccc2Nc2cc3[nH]c4ccccc4c3cc21.Clc1nc(-c2ccc(-c3ccccc3)cc2)c2ccccc2n1.Clc1nc(I)c2ccccc2n1.OB(O)c1ccc(-c2ccccc2)cc1. The van der Waals surface area contributed by atoms with Crippen molar-refractivity contribution in [1.29, 1.82) is 0 Å². The smallest absolute Gasteiger partial charge is 0.423 e. The summed E-state index contributed by atoms with van der Waals surface area (Å²) in [4.78, 5) is 44.4. The second kappa shape index (κ2) is 38.1. The minimum absolute atomic E-state index is 0.0102. The fourth-order valence-corrected chi connectivity index (χ4v) is 20.6. The highest BCUT2D eigenvalue weighted by atomic mass is 127. The minimum Gasteiger partial charge on any atom is -0.423 e. The van der Waals surface area contributed by atoms with Crippen LogP contribution in [0.2, 0.25) is 10.6 Å². The van der Waals surface area contributed by atoms with Gasteiger partial charge in [-0.15, -0.1) is 0 Å². The van der Waals surface area contributed by atoms with Crippen LogP contribution in [0.15, 0.2) is 437 Å². The standard InChI is InChI=1S/C61H42N6.C21H18N2.C20H13ClN2.C12H11BO2.C8H4ClIN2/c1-61(2)49-24-12-16-28-54(49)67(60-63-52-26-14-10-23-47(52)58(65-60)44-35-31-42(32-36-44)40-19-7-4-8-20-40)56-38-55-48(37-50(56)61)45-21-11-15-27-53(45)66(55)59-62-51-25-13-9-22-46(51)57(64-59)43-33-29-41(30-34-43)39-17-5-3-6-18-39;1-21(2)15-8-4-6-10-18(15)23-20-12-19-14(11-16(20)21)13-7-3-5-9-17(13)22-19;21-20-22-18-9-5-4-8-17(18)19(23-20)16-12-10-15(11-13-16)14-6-2-1-3-7-14;14-13(15)12-8-6-11(7-9-12)10-4-2-1-3-5-10;9-8-11-6-4-2-1-3-5(6)7(10)12-8/h3-38H,1-2H3;3-12,22-23H,1-2H3;1-13H;1-9,14-15H;1-4H. The van der Waals surface area contributed by atoms with Gasteiger partial charge in [-0.2, -0.15) is 0 Å². The Kier molecular flexibility index (Phi) is 24.2. The molecule has 18 aromatic carbocycles. The predicted octanol–water partition coefficient (Wildman–Crippen LogP) is 30.7. The first-order valence-corrected chi connectivity index (χ1v) is 48.2. The van der Waals surface area contributed by atoms with Gasteiger partial charge in [0.2, 0.25) is 22.5 Å². The molecule has 0 spiro atoms. The zero-order valence-corrected chi connectivity index (χ0v) is 80.3. The van der Waals surface area contributed by atoms with Crippen molar-refractivity contribution in [3.63, 3.8) is 0 Å². The van der Waals surface area contributed by atoms with Crippen molar-refractivity contribution >= 4 is 174 Å². The van der Waals surface area contributed by atoms with E-state index >= 15 is 0 Å². The van der Waals surface area contributed by atoms with Crippen LogP contribution in [0.4, 0.5) is 28.7 Å². The molecular formula is C122H88BCl2IN12O2. The quantitative estimate of drug-likeness (QED) is 0.0441. The number of aromatic nitrogens is 10. The third-order valence-corrected chi connectivity index (χ3v) is 27.7. The van der Waals surface area contributed by atoms with Crippen molar-refractivity contribution in [2.75, 3.05) is 10.2 Å². The predicted molar refractivity (Wildman–Crippen MR) is 588 cm³/mol. The first kappa shape index (κ1) is 89.1. The molecule has 0 atom stereocenters. The Morgan fingerprint density at radius 1 is 0.271 bits per heavy atom. The number of nitrogens with zero attached hydrogens (tertiary/aromatic N) is 10. The molecule has 2 aliphatic rings. The van der Waals surface area contributed by atoms with E-state index in [1.807, 2.05) is 115 Å². The number of hydrogen-bond acceptors (Lipinski definition) is 12. The zero-order valence-electron chi connectivity index (χ0n) is 76.6. The Labute approximate surface area is 833 Å². The second-order valence-electron chi connectivity index (χ2n) is 35.8. The monoisotopic (exact) mass is 1960 g/mol. The average Bonchev–Trinajstić information content (AvgIpc) is 1.32. The van der Waals surface area contributed by atoms with Crippen LogP contribution in [0.1, 0.15) is 49.9 Å². The molecule has 0 aliphatic carbocycles. The van der Waals surface area contributed by atoms with Crippen molar-refractivity contribution in [3.8, 4) is 84.2 Å². The summed E-state index contributed by atoms with van der Waals surface area (Å²) in [5.41, 5.74) is 32.6. The van der Waals surface area contributed by atoms with Crippen molar-refractivity contribution in [2.45, 2.75) is 38.5 Å². The summed E-state index contributed by atoms with van der Waals surface area (Å²) in [5, 5.41) is 31.0. The van der Waals surface area contributed by atoms with E-state index in [1.165, 1.54) is 77.7 Å². The lowest BCUT2D eigenvalue weighted by molar-refractivity contribution is 0.426. The number of para-hydroxylation sites is 8. The van der Waals surface area contributed by atoms with Gasteiger partial charge in [0.05, 0.1) is 61.6 Å². The number of benzene rings is 18. The molecule has 0 amide bonds. The minimum atomic E-state index is -1.39. The van der Waals surface area contributed by atoms with E-state index in [1.54, 1.807) is 12.1 Å². The Hall–Kier alpha value is -16.2. The van der Waals surface area contributed by atoms with Gasteiger partial charge in [0, 0.05) is 93.0 Å². The number of nitrogens with one attached hydrogen (secondary N) is 2. The Morgan fingerprint density at radius 3 is 1.18 bits per heavy atom. The summed E-state index contributed by atoms with van der Waals surface area (Å²) in [6.07, 6.45) is 0. The summed E-state index contributed by atoms with van der Waals surface area (Å²) < 4.78 is 3.13. The fourth-order valence-electron chi connectivity index (χ4n) is 19.4. The lowest BCUT2D eigenvalue weighted by Gasteiger charge is -2.41. The molecule has 0 bridgehead atoms.